The van der Waals surface area contributed by atoms with Crippen LogP contribution in [0.25, 0.3) is 0 Å². The summed E-state index contributed by atoms with van der Waals surface area (Å²) >= 11 is 6.14. The Kier molecular flexibility index (Phi) is 3.26. The van der Waals surface area contributed by atoms with Crippen molar-refractivity contribution in [2.24, 2.45) is 0 Å². The quantitative estimate of drug-likeness (QED) is 0.836. The van der Waals surface area contributed by atoms with Crippen molar-refractivity contribution >= 4 is 11.6 Å². The van der Waals surface area contributed by atoms with Gasteiger partial charge in [0.05, 0.1) is 7.11 Å². The highest BCUT2D eigenvalue weighted by atomic mass is 35.5. The summed E-state index contributed by atoms with van der Waals surface area (Å²) in [5, 5.41) is 14.1. The van der Waals surface area contributed by atoms with Gasteiger partial charge in [0.15, 0.2) is 11.5 Å². The number of phenols is 1. The second-order valence-corrected chi connectivity index (χ2v) is 4.54. The Morgan fingerprint density at radius 3 is 2.88 bits per heavy atom. The molecule has 0 spiro atoms. The standard InChI is InChI=1S/C12H16ClNO2/c1-7-9(13)5-10(16-2)12(15)11(7)8-3-4-14-6-8/h5,8,14-15H,3-4,6H2,1-2H3. The van der Waals surface area contributed by atoms with Crippen LogP contribution in [0.1, 0.15) is 23.5 Å². The number of benzene rings is 1. The van der Waals surface area contributed by atoms with Gasteiger partial charge in [-0.2, -0.15) is 0 Å². The minimum Gasteiger partial charge on any atom is -0.504 e. The van der Waals surface area contributed by atoms with Crippen molar-refractivity contribution in [2.75, 3.05) is 20.2 Å². The molecule has 0 radical (unpaired) electrons. The van der Waals surface area contributed by atoms with E-state index in [2.05, 4.69) is 5.32 Å². The number of ether oxygens (including phenoxy) is 1. The number of rotatable bonds is 2. The van der Waals surface area contributed by atoms with Gasteiger partial charge in [-0.3, -0.25) is 0 Å². The number of halogens is 1. The van der Waals surface area contributed by atoms with E-state index in [1.165, 1.54) is 7.11 Å². The molecule has 1 unspecified atom stereocenters. The van der Waals surface area contributed by atoms with Gasteiger partial charge in [-0.05, 0) is 25.5 Å². The van der Waals surface area contributed by atoms with Gasteiger partial charge in [0, 0.05) is 29.1 Å². The highest BCUT2D eigenvalue weighted by molar-refractivity contribution is 6.31. The molecular formula is C12H16ClNO2. The Bertz CT molecular complexity index is 400. The van der Waals surface area contributed by atoms with E-state index in [9.17, 15) is 5.11 Å². The predicted octanol–water partition coefficient (Wildman–Crippen LogP) is 2.44. The summed E-state index contributed by atoms with van der Waals surface area (Å²) in [6, 6.07) is 1.66. The van der Waals surface area contributed by atoms with Crippen molar-refractivity contribution in [1.82, 2.24) is 5.32 Å². The van der Waals surface area contributed by atoms with Crippen molar-refractivity contribution in [2.45, 2.75) is 19.3 Å². The van der Waals surface area contributed by atoms with Gasteiger partial charge in [-0.1, -0.05) is 11.6 Å². The fourth-order valence-corrected chi connectivity index (χ4v) is 2.49. The molecule has 1 fully saturated rings. The maximum Gasteiger partial charge on any atom is 0.162 e. The van der Waals surface area contributed by atoms with Crippen LogP contribution in [0.2, 0.25) is 5.02 Å². The molecular weight excluding hydrogens is 226 g/mol. The minimum atomic E-state index is 0.234. The Balaban J connectivity index is 2.52. The SMILES string of the molecule is COc1cc(Cl)c(C)c(C2CCNC2)c1O. The molecule has 1 heterocycles. The second-order valence-electron chi connectivity index (χ2n) is 4.14. The average molecular weight is 242 g/mol. The molecule has 0 saturated carbocycles. The van der Waals surface area contributed by atoms with Crippen LogP contribution in [0, 0.1) is 6.92 Å². The highest BCUT2D eigenvalue weighted by Gasteiger charge is 2.25. The first kappa shape index (κ1) is 11.6. The van der Waals surface area contributed by atoms with Gasteiger partial charge < -0.3 is 15.2 Å². The largest absolute Gasteiger partial charge is 0.504 e. The molecule has 4 heteroatoms. The predicted molar refractivity (Wildman–Crippen MR) is 64.6 cm³/mol. The normalized spacial score (nSPS) is 20.1. The molecule has 0 aromatic heterocycles. The summed E-state index contributed by atoms with van der Waals surface area (Å²) in [6.07, 6.45) is 1.03. The fraction of sp³-hybridized carbons (Fsp3) is 0.500. The van der Waals surface area contributed by atoms with Gasteiger partial charge in [-0.15, -0.1) is 0 Å². The van der Waals surface area contributed by atoms with Crippen molar-refractivity contribution in [3.8, 4) is 11.5 Å². The van der Waals surface area contributed by atoms with Crippen LogP contribution in [0.5, 0.6) is 11.5 Å². The number of phenolic OH excluding ortho intramolecular Hbond substituents is 1. The topological polar surface area (TPSA) is 41.5 Å². The molecule has 1 aromatic carbocycles. The molecule has 0 amide bonds. The molecule has 1 aromatic rings. The zero-order chi connectivity index (χ0) is 11.7. The van der Waals surface area contributed by atoms with Gasteiger partial charge in [0.1, 0.15) is 0 Å². The van der Waals surface area contributed by atoms with Crippen LogP contribution in [0.4, 0.5) is 0 Å². The van der Waals surface area contributed by atoms with E-state index in [1.807, 2.05) is 6.92 Å². The van der Waals surface area contributed by atoms with E-state index >= 15 is 0 Å². The Morgan fingerprint density at radius 1 is 1.56 bits per heavy atom. The monoisotopic (exact) mass is 241 g/mol. The second kappa shape index (κ2) is 4.52. The molecule has 3 nitrogen and oxygen atoms in total. The van der Waals surface area contributed by atoms with Gasteiger partial charge >= 0.3 is 0 Å². The first-order chi connectivity index (χ1) is 7.65. The minimum absolute atomic E-state index is 0.234. The number of hydrogen-bond donors (Lipinski definition) is 2. The van der Waals surface area contributed by atoms with Crippen LogP contribution >= 0.6 is 11.6 Å². The molecule has 0 aliphatic carbocycles. The van der Waals surface area contributed by atoms with E-state index in [1.54, 1.807) is 6.07 Å². The average Bonchev–Trinajstić information content (AvgIpc) is 2.77. The zero-order valence-corrected chi connectivity index (χ0v) is 10.3. The zero-order valence-electron chi connectivity index (χ0n) is 9.51. The lowest BCUT2D eigenvalue weighted by Gasteiger charge is -2.18. The van der Waals surface area contributed by atoms with E-state index in [-0.39, 0.29) is 5.75 Å². The summed E-state index contributed by atoms with van der Waals surface area (Å²) < 4.78 is 5.13. The molecule has 0 bridgehead atoms. The maximum absolute atomic E-state index is 10.1. The van der Waals surface area contributed by atoms with Gasteiger partial charge in [0.25, 0.3) is 0 Å². The maximum atomic E-state index is 10.1. The summed E-state index contributed by atoms with van der Waals surface area (Å²) in [6.45, 7) is 3.81. The first-order valence-corrected chi connectivity index (χ1v) is 5.79. The van der Waals surface area contributed by atoms with Crippen LogP contribution in [-0.2, 0) is 0 Å². The number of aromatic hydroxyl groups is 1. The summed E-state index contributed by atoms with van der Waals surface area (Å²) in [4.78, 5) is 0. The third kappa shape index (κ3) is 1.85. The fourth-order valence-electron chi connectivity index (χ4n) is 2.29. The molecule has 88 valence electrons. The Labute approximate surface area is 100 Å². The van der Waals surface area contributed by atoms with Crippen LogP contribution in [0.3, 0.4) is 0 Å². The van der Waals surface area contributed by atoms with E-state index in [0.717, 1.165) is 30.6 Å². The Hall–Kier alpha value is -0.930. The lowest BCUT2D eigenvalue weighted by Crippen LogP contribution is -2.09. The van der Waals surface area contributed by atoms with E-state index in [0.29, 0.717) is 16.7 Å². The molecule has 1 aliphatic rings. The van der Waals surface area contributed by atoms with Gasteiger partial charge in [0.2, 0.25) is 0 Å². The molecule has 2 N–H and O–H groups in total. The molecule has 1 aliphatic heterocycles. The lowest BCUT2D eigenvalue weighted by molar-refractivity contribution is 0.368. The summed E-state index contributed by atoms with van der Waals surface area (Å²) in [5.41, 5.74) is 1.88. The van der Waals surface area contributed by atoms with Crippen LogP contribution in [-0.4, -0.2) is 25.3 Å². The van der Waals surface area contributed by atoms with Crippen molar-refractivity contribution in [1.29, 1.82) is 0 Å². The number of nitrogens with one attached hydrogen (secondary N) is 1. The van der Waals surface area contributed by atoms with Crippen LogP contribution in [0.15, 0.2) is 6.07 Å². The number of hydrogen-bond acceptors (Lipinski definition) is 3. The molecule has 16 heavy (non-hydrogen) atoms. The third-order valence-electron chi connectivity index (χ3n) is 3.20. The van der Waals surface area contributed by atoms with Gasteiger partial charge in [-0.25, -0.2) is 0 Å². The molecule has 1 saturated heterocycles. The molecule has 2 rings (SSSR count). The van der Waals surface area contributed by atoms with Crippen LogP contribution < -0.4 is 10.1 Å². The lowest BCUT2D eigenvalue weighted by atomic mass is 9.92. The highest BCUT2D eigenvalue weighted by Crippen LogP contribution is 2.42. The van der Waals surface area contributed by atoms with Crippen molar-refractivity contribution < 1.29 is 9.84 Å². The molecule has 1 atom stereocenters. The first-order valence-electron chi connectivity index (χ1n) is 5.41. The van der Waals surface area contributed by atoms with Crippen molar-refractivity contribution in [3.05, 3.63) is 22.2 Å². The third-order valence-corrected chi connectivity index (χ3v) is 3.59. The van der Waals surface area contributed by atoms with E-state index in [4.69, 9.17) is 16.3 Å². The number of methoxy groups -OCH3 is 1. The smallest absolute Gasteiger partial charge is 0.162 e. The van der Waals surface area contributed by atoms with E-state index < -0.39 is 0 Å². The van der Waals surface area contributed by atoms with Crippen molar-refractivity contribution in [3.63, 3.8) is 0 Å². The Morgan fingerprint density at radius 2 is 2.31 bits per heavy atom. The summed E-state index contributed by atoms with van der Waals surface area (Å²) in [7, 11) is 1.54. The summed E-state index contributed by atoms with van der Waals surface area (Å²) in [5.74, 6) is 1.02.